The summed E-state index contributed by atoms with van der Waals surface area (Å²) in [5, 5.41) is 13.2. The van der Waals surface area contributed by atoms with Crippen LogP contribution in [0.15, 0.2) is 24.3 Å². The molecular formula is C16H27NO3. The predicted molar refractivity (Wildman–Crippen MR) is 81.5 cm³/mol. The highest BCUT2D eigenvalue weighted by molar-refractivity contribution is 5.39. The van der Waals surface area contributed by atoms with Crippen LogP contribution in [0.4, 0.5) is 0 Å². The summed E-state index contributed by atoms with van der Waals surface area (Å²) in [6.07, 6.45) is 1.78. The molecule has 20 heavy (non-hydrogen) atoms. The highest BCUT2D eigenvalue weighted by Crippen LogP contribution is 2.26. The lowest BCUT2D eigenvalue weighted by Gasteiger charge is -2.23. The molecule has 0 amide bonds. The lowest BCUT2D eigenvalue weighted by Crippen LogP contribution is -2.39. The van der Waals surface area contributed by atoms with Gasteiger partial charge in [0.2, 0.25) is 0 Å². The van der Waals surface area contributed by atoms with Crippen molar-refractivity contribution in [2.24, 2.45) is 0 Å². The summed E-state index contributed by atoms with van der Waals surface area (Å²) >= 11 is 0. The molecule has 0 aromatic heterocycles. The molecular weight excluding hydrogens is 254 g/mol. The predicted octanol–water partition coefficient (Wildman–Crippen LogP) is 2.60. The van der Waals surface area contributed by atoms with Gasteiger partial charge in [-0.25, -0.2) is 0 Å². The molecule has 1 atom stereocenters. The molecule has 0 radical (unpaired) electrons. The molecule has 0 fully saturated rings. The molecule has 0 aliphatic carbocycles. The zero-order valence-corrected chi connectivity index (χ0v) is 12.8. The zero-order chi connectivity index (χ0) is 14.8. The van der Waals surface area contributed by atoms with E-state index < -0.39 is 5.60 Å². The Hall–Kier alpha value is -1.26. The molecule has 0 bridgehead atoms. The summed E-state index contributed by atoms with van der Waals surface area (Å²) < 4.78 is 11.2. The lowest BCUT2D eigenvalue weighted by molar-refractivity contribution is 0.0494. The molecule has 114 valence electrons. The second-order valence-electron chi connectivity index (χ2n) is 5.15. The van der Waals surface area contributed by atoms with Crippen molar-refractivity contribution in [2.45, 2.75) is 39.2 Å². The Morgan fingerprint density at radius 3 is 2.40 bits per heavy atom. The molecule has 0 spiro atoms. The molecule has 1 rings (SSSR count). The molecule has 0 saturated carbocycles. The summed E-state index contributed by atoms with van der Waals surface area (Å²) in [6.45, 7) is 8.33. The second kappa shape index (κ2) is 8.82. The maximum Gasteiger partial charge on any atom is 0.161 e. The quantitative estimate of drug-likeness (QED) is 0.647. The molecule has 1 aromatic rings. The number of hydrogen-bond acceptors (Lipinski definition) is 4. The summed E-state index contributed by atoms with van der Waals surface area (Å²) in [7, 11) is 0. The molecule has 0 heterocycles. The minimum atomic E-state index is -0.641. The van der Waals surface area contributed by atoms with Gasteiger partial charge in [0.15, 0.2) is 11.5 Å². The Balaban J connectivity index is 2.28. The molecule has 4 heteroatoms. The van der Waals surface area contributed by atoms with Crippen molar-refractivity contribution in [3.63, 3.8) is 0 Å². The van der Waals surface area contributed by atoms with Crippen LogP contribution in [-0.4, -0.2) is 37.0 Å². The van der Waals surface area contributed by atoms with Crippen LogP contribution in [0.1, 0.15) is 33.6 Å². The standard InChI is InChI=1S/C16H27NO3/c1-4-10-16(3,18)13-17-11-12-20-15-9-7-6-8-14(15)19-5-2/h6-9,17-18H,4-5,10-13H2,1-3H3. The topological polar surface area (TPSA) is 50.7 Å². The summed E-state index contributed by atoms with van der Waals surface area (Å²) in [6, 6.07) is 7.66. The summed E-state index contributed by atoms with van der Waals surface area (Å²) in [5.41, 5.74) is -0.641. The Bertz CT molecular complexity index is 380. The third kappa shape index (κ3) is 6.26. The maximum atomic E-state index is 10.0. The largest absolute Gasteiger partial charge is 0.490 e. The Morgan fingerprint density at radius 1 is 1.15 bits per heavy atom. The van der Waals surface area contributed by atoms with Gasteiger partial charge in [0.1, 0.15) is 6.61 Å². The van der Waals surface area contributed by atoms with E-state index in [0.29, 0.717) is 26.3 Å². The fraction of sp³-hybridized carbons (Fsp3) is 0.625. The van der Waals surface area contributed by atoms with E-state index in [1.165, 1.54) is 0 Å². The van der Waals surface area contributed by atoms with Crippen molar-refractivity contribution < 1.29 is 14.6 Å². The minimum Gasteiger partial charge on any atom is -0.490 e. The highest BCUT2D eigenvalue weighted by atomic mass is 16.5. The van der Waals surface area contributed by atoms with Crippen molar-refractivity contribution in [3.8, 4) is 11.5 Å². The van der Waals surface area contributed by atoms with Gasteiger partial charge in [0.05, 0.1) is 12.2 Å². The first-order valence-electron chi connectivity index (χ1n) is 7.36. The molecule has 1 aromatic carbocycles. The van der Waals surface area contributed by atoms with Gasteiger partial charge >= 0.3 is 0 Å². The average Bonchev–Trinajstić information content (AvgIpc) is 2.40. The van der Waals surface area contributed by atoms with Crippen LogP contribution in [0.5, 0.6) is 11.5 Å². The first kappa shape index (κ1) is 16.8. The van der Waals surface area contributed by atoms with Gasteiger partial charge in [-0.3, -0.25) is 0 Å². The number of nitrogens with one attached hydrogen (secondary N) is 1. The van der Waals surface area contributed by atoms with Crippen LogP contribution in [-0.2, 0) is 0 Å². The van der Waals surface area contributed by atoms with Crippen molar-refractivity contribution in [3.05, 3.63) is 24.3 Å². The van der Waals surface area contributed by atoms with Gasteiger partial charge in [-0.05, 0) is 32.4 Å². The van der Waals surface area contributed by atoms with Crippen molar-refractivity contribution >= 4 is 0 Å². The fourth-order valence-corrected chi connectivity index (χ4v) is 2.06. The monoisotopic (exact) mass is 281 g/mol. The SMILES string of the molecule is CCCC(C)(O)CNCCOc1ccccc1OCC. The first-order valence-corrected chi connectivity index (χ1v) is 7.36. The van der Waals surface area contributed by atoms with Crippen LogP contribution in [0, 0.1) is 0 Å². The van der Waals surface area contributed by atoms with Crippen molar-refractivity contribution in [2.75, 3.05) is 26.3 Å². The third-order valence-corrected chi connectivity index (χ3v) is 2.98. The molecule has 0 saturated heterocycles. The van der Waals surface area contributed by atoms with Gasteiger partial charge in [-0.2, -0.15) is 0 Å². The highest BCUT2D eigenvalue weighted by Gasteiger charge is 2.17. The number of para-hydroxylation sites is 2. The lowest BCUT2D eigenvalue weighted by atomic mass is 10.0. The molecule has 2 N–H and O–H groups in total. The van der Waals surface area contributed by atoms with Crippen LogP contribution in [0.25, 0.3) is 0 Å². The van der Waals surface area contributed by atoms with Crippen molar-refractivity contribution in [1.29, 1.82) is 0 Å². The first-order chi connectivity index (χ1) is 9.59. The summed E-state index contributed by atoms with van der Waals surface area (Å²) in [5.74, 6) is 1.53. The van der Waals surface area contributed by atoms with E-state index in [2.05, 4.69) is 12.2 Å². The van der Waals surface area contributed by atoms with Crippen LogP contribution >= 0.6 is 0 Å². The van der Waals surface area contributed by atoms with Crippen LogP contribution < -0.4 is 14.8 Å². The van der Waals surface area contributed by atoms with E-state index >= 15 is 0 Å². The van der Waals surface area contributed by atoms with Gasteiger partial charge in [-0.1, -0.05) is 25.5 Å². The number of benzene rings is 1. The molecule has 1 unspecified atom stereocenters. The summed E-state index contributed by atoms with van der Waals surface area (Å²) in [4.78, 5) is 0. The van der Waals surface area contributed by atoms with E-state index in [1.54, 1.807) is 0 Å². The smallest absolute Gasteiger partial charge is 0.161 e. The maximum absolute atomic E-state index is 10.0. The molecule has 0 aliphatic heterocycles. The Labute approximate surface area is 122 Å². The van der Waals surface area contributed by atoms with Crippen LogP contribution in [0.2, 0.25) is 0 Å². The fourth-order valence-electron chi connectivity index (χ4n) is 2.06. The van der Waals surface area contributed by atoms with Crippen molar-refractivity contribution in [1.82, 2.24) is 5.32 Å². The third-order valence-electron chi connectivity index (χ3n) is 2.98. The Morgan fingerprint density at radius 2 is 1.80 bits per heavy atom. The van der Waals surface area contributed by atoms with E-state index in [4.69, 9.17) is 9.47 Å². The normalized spacial score (nSPS) is 13.8. The number of rotatable bonds is 10. The van der Waals surface area contributed by atoms with Gasteiger partial charge in [0.25, 0.3) is 0 Å². The second-order valence-corrected chi connectivity index (χ2v) is 5.15. The van der Waals surface area contributed by atoms with E-state index in [0.717, 1.165) is 24.3 Å². The van der Waals surface area contributed by atoms with E-state index in [1.807, 2.05) is 38.1 Å². The van der Waals surface area contributed by atoms with Gasteiger partial charge in [-0.15, -0.1) is 0 Å². The number of hydrogen-bond donors (Lipinski definition) is 2. The minimum absolute atomic E-state index is 0.548. The van der Waals surface area contributed by atoms with Crippen LogP contribution in [0.3, 0.4) is 0 Å². The molecule has 0 aliphatic rings. The average molecular weight is 281 g/mol. The number of aliphatic hydroxyl groups is 1. The number of ether oxygens (including phenoxy) is 2. The van der Waals surface area contributed by atoms with Gasteiger partial charge in [0, 0.05) is 13.1 Å². The van der Waals surface area contributed by atoms with E-state index in [-0.39, 0.29) is 0 Å². The van der Waals surface area contributed by atoms with Gasteiger partial charge < -0.3 is 19.9 Å². The Kier molecular flexibility index (Phi) is 7.41. The van der Waals surface area contributed by atoms with E-state index in [9.17, 15) is 5.11 Å². The zero-order valence-electron chi connectivity index (χ0n) is 12.8. The molecule has 4 nitrogen and oxygen atoms in total.